The first-order valence-electron chi connectivity index (χ1n) is 11.7. The van der Waals surface area contributed by atoms with Gasteiger partial charge in [0, 0.05) is 29.3 Å². The van der Waals surface area contributed by atoms with E-state index in [1.54, 1.807) is 26.0 Å². The Bertz CT molecular complexity index is 1260. The number of hydrogen-bond acceptors (Lipinski definition) is 7. The number of amides is 1. The molecule has 8 heteroatoms. The molecule has 0 unspecified atom stereocenters. The van der Waals surface area contributed by atoms with Gasteiger partial charge in [-0.15, -0.1) is 0 Å². The number of nitrogens with two attached hydrogens (primary N) is 1. The second-order valence-electron chi connectivity index (χ2n) is 8.84. The molecule has 8 nitrogen and oxygen atoms in total. The molecule has 0 aliphatic rings. The smallest absolute Gasteiger partial charge is 0.275 e. The number of rotatable bonds is 7. The predicted molar refractivity (Wildman–Crippen MR) is 144 cm³/mol. The van der Waals surface area contributed by atoms with Crippen LogP contribution in [0.3, 0.4) is 0 Å². The van der Waals surface area contributed by atoms with Crippen LogP contribution >= 0.6 is 0 Å². The SMILES string of the molecule is CCNc1nc(-c2ccc(C(=O)NOC(C)(C)CO)c(C)c2)ccc1N.c1ccc2ncccc2c1. The maximum absolute atomic E-state index is 12.3. The minimum atomic E-state index is -0.847. The van der Waals surface area contributed by atoms with Gasteiger partial charge < -0.3 is 16.2 Å². The fourth-order valence-electron chi connectivity index (χ4n) is 3.31. The molecule has 2 aromatic carbocycles. The van der Waals surface area contributed by atoms with Crippen molar-refractivity contribution in [1.29, 1.82) is 0 Å². The number of pyridine rings is 2. The number of aliphatic hydroxyl groups is 1. The number of nitrogen functional groups attached to an aromatic ring is 1. The number of carbonyl (C=O) groups excluding carboxylic acids is 1. The maximum atomic E-state index is 12.3. The highest BCUT2D eigenvalue weighted by molar-refractivity contribution is 5.95. The molecule has 1 amide bonds. The quantitative estimate of drug-likeness (QED) is 0.278. The summed E-state index contributed by atoms with van der Waals surface area (Å²) in [6.45, 7) is 7.70. The van der Waals surface area contributed by atoms with Gasteiger partial charge in [-0.3, -0.25) is 14.6 Å². The van der Waals surface area contributed by atoms with E-state index < -0.39 is 5.60 Å². The Labute approximate surface area is 211 Å². The zero-order chi connectivity index (χ0) is 26.1. The van der Waals surface area contributed by atoms with Gasteiger partial charge in [0.15, 0.2) is 0 Å². The van der Waals surface area contributed by atoms with Crippen molar-refractivity contribution in [1.82, 2.24) is 15.4 Å². The van der Waals surface area contributed by atoms with Gasteiger partial charge in [0.05, 0.1) is 23.5 Å². The molecule has 2 aromatic heterocycles. The van der Waals surface area contributed by atoms with Gasteiger partial charge in [0.25, 0.3) is 5.91 Å². The van der Waals surface area contributed by atoms with Crippen LogP contribution < -0.4 is 16.5 Å². The van der Waals surface area contributed by atoms with Gasteiger partial charge in [-0.2, -0.15) is 0 Å². The van der Waals surface area contributed by atoms with E-state index in [4.69, 9.17) is 10.6 Å². The van der Waals surface area contributed by atoms with Crippen LogP contribution in [0.4, 0.5) is 11.5 Å². The van der Waals surface area contributed by atoms with Crippen LogP contribution in [0.1, 0.15) is 36.7 Å². The predicted octanol–water partition coefficient (Wildman–Crippen LogP) is 4.74. The molecule has 36 heavy (non-hydrogen) atoms. The van der Waals surface area contributed by atoms with Crippen molar-refractivity contribution in [3.05, 3.63) is 84.1 Å². The molecular formula is C28H33N5O3. The molecule has 0 aliphatic heterocycles. The average Bonchev–Trinajstić information content (AvgIpc) is 2.89. The van der Waals surface area contributed by atoms with Crippen molar-refractivity contribution in [2.75, 3.05) is 24.2 Å². The lowest BCUT2D eigenvalue weighted by atomic mass is 10.0. The summed E-state index contributed by atoms with van der Waals surface area (Å²) in [5.41, 5.74) is 12.0. The van der Waals surface area contributed by atoms with Crippen molar-refractivity contribution in [2.45, 2.75) is 33.3 Å². The van der Waals surface area contributed by atoms with Crippen molar-refractivity contribution in [2.24, 2.45) is 0 Å². The molecule has 0 atom stereocenters. The number of benzene rings is 2. The van der Waals surface area contributed by atoms with Crippen LogP contribution in [0.25, 0.3) is 22.2 Å². The first-order chi connectivity index (χ1) is 17.2. The number of carbonyl (C=O) groups is 1. The lowest BCUT2D eigenvalue weighted by Gasteiger charge is -2.22. The van der Waals surface area contributed by atoms with E-state index in [-0.39, 0.29) is 12.5 Å². The largest absolute Gasteiger partial charge is 0.396 e. The highest BCUT2D eigenvalue weighted by Gasteiger charge is 2.20. The Balaban J connectivity index is 0.000000297. The number of aryl methyl sites for hydroxylation is 1. The van der Waals surface area contributed by atoms with E-state index in [9.17, 15) is 9.90 Å². The number of anilines is 2. The van der Waals surface area contributed by atoms with Crippen LogP contribution in [0.5, 0.6) is 0 Å². The van der Waals surface area contributed by atoms with Gasteiger partial charge in [-0.05, 0) is 69.7 Å². The number of nitrogens with one attached hydrogen (secondary N) is 2. The molecule has 4 aromatic rings. The van der Waals surface area contributed by atoms with E-state index in [2.05, 4.69) is 32.9 Å². The summed E-state index contributed by atoms with van der Waals surface area (Å²) >= 11 is 0. The molecule has 0 aliphatic carbocycles. The van der Waals surface area contributed by atoms with Crippen LogP contribution in [0.15, 0.2) is 72.9 Å². The van der Waals surface area contributed by atoms with Crippen LogP contribution in [0, 0.1) is 6.92 Å². The van der Waals surface area contributed by atoms with Gasteiger partial charge in [-0.1, -0.05) is 30.3 Å². The normalized spacial score (nSPS) is 10.9. The highest BCUT2D eigenvalue weighted by Crippen LogP contribution is 2.25. The Morgan fingerprint density at radius 1 is 1.08 bits per heavy atom. The molecule has 5 N–H and O–H groups in total. The fraction of sp³-hybridized carbons (Fsp3) is 0.250. The molecule has 0 radical (unpaired) electrons. The molecule has 0 saturated heterocycles. The number of aromatic nitrogens is 2. The van der Waals surface area contributed by atoms with E-state index >= 15 is 0 Å². The number of para-hydroxylation sites is 1. The number of hydroxylamine groups is 1. The molecule has 2 heterocycles. The van der Waals surface area contributed by atoms with E-state index in [1.807, 2.05) is 62.5 Å². The number of nitrogens with zero attached hydrogens (tertiary/aromatic N) is 2. The van der Waals surface area contributed by atoms with Gasteiger partial charge >= 0.3 is 0 Å². The summed E-state index contributed by atoms with van der Waals surface area (Å²) in [6.07, 6.45) is 1.81. The average molecular weight is 488 g/mol. The molecule has 0 saturated carbocycles. The van der Waals surface area contributed by atoms with Gasteiger partial charge in [0.1, 0.15) is 11.4 Å². The van der Waals surface area contributed by atoms with E-state index in [1.165, 1.54) is 5.39 Å². The first-order valence-corrected chi connectivity index (χ1v) is 11.7. The maximum Gasteiger partial charge on any atom is 0.275 e. The molecule has 0 fully saturated rings. The Morgan fingerprint density at radius 3 is 2.53 bits per heavy atom. The summed E-state index contributed by atoms with van der Waals surface area (Å²) in [6, 6.07) is 21.2. The topological polar surface area (TPSA) is 122 Å². The second kappa shape index (κ2) is 12.1. The summed E-state index contributed by atoms with van der Waals surface area (Å²) in [5.74, 6) is 0.276. The minimum Gasteiger partial charge on any atom is -0.396 e. The van der Waals surface area contributed by atoms with Crippen molar-refractivity contribution in [3.8, 4) is 11.3 Å². The first kappa shape index (κ1) is 26.6. The zero-order valence-electron chi connectivity index (χ0n) is 21.1. The van der Waals surface area contributed by atoms with Crippen molar-refractivity contribution in [3.63, 3.8) is 0 Å². The molecular weight excluding hydrogens is 454 g/mol. The van der Waals surface area contributed by atoms with Crippen molar-refractivity contribution >= 4 is 28.3 Å². The zero-order valence-corrected chi connectivity index (χ0v) is 21.1. The van der Waals surface area contributed by atoms with Crippen LogP contribution in [0.2, 0.25) is 0 Å². The second-order valence-corrected chi connectivity index (χ2v) is 8.84. The summed E-state index contributed by atoms with van der Waals surface area (Å²) in [7, 11) is 0. The molecule has 188 valence electrons. The van der Waals surface area contributed by atoms with Crippen LogP contribution in [-0.2, 0) is 4.84 Å². The van der Waals surface area contributed by atoms with Crippen LogP contribution in [-0.4, -0.2) is 39.7 Å². The van der Waals surface area contributed by atoms with Crippen molar-refractivity contribution < 1.29 is 14.7 Å². The van der Waals surface area contributed by atoms with Gasteiger partial charge in [0.2, 0.25) is 0 Å². The Kier molecular flexibility index (Phi) is 8.94. The molecule has 0 spiro atoms. The Morgan fingerprint density at radius 2 is 1.83 bits per heavy atom. The standard InChI is InChI=1S/C19H26N4O3.C9H7N/c1-5-21-17-15(20)8-9-16(22-17)13-6-7-14(12(2)10-13)18(25)23-26-19(3,4)11-24;1-2-6-9-8(4-1)5-3-7-10-9/h6-10,24H,5,11,20H2,1-4H3,(H,21,22)(H,23,25);1-7H. The minimum absolute atomic E-state index is 0.206. The fourth-order valence-corrected chi connectivity index (χ4v) is 3.31. The molecule has 0 bridgehead atoms. The van der Waals surface area contributed by atoms with E-state index in [0.717, 1.165) is 28.9 Å². The number of aliphatic hydroxyl groups excluding tert-OH is 1. The molecule has 4 rings (SSSR count). The number of fused-ring (bicyclic) bond motifs is 1. The number of hydrogen-bond donors (Lipinski definition) is 4. The summed E-state index contributed by atoms with van der Waals surface area (Å²) in [4.78, 5) is 26.3. The van der Waals surface area contributed by atoms with E-state index in [0.29, 0.717) is 17.1 Å². The third-order valence-corrected chi connectivity index (χ3v) is 5.35. The highest BCUT2D eigenvalue weighted by atomic mass is 16.7. The lowest BCUT2D eigenvalue weighted by Crippen LogP contribution is -2.38. The summed E-state index contributed by atoms with van der Waals surface area (Å²) < 4.78 is 0. The Hall–Kier alpha value is -4.01. The monoisotopic (exact) mass is 487 g/mol. The third-order valence-electron chi connectivity index (χ3n) is 5.35. The summed E-state index contributed by atoms with van der Waals surface area (Å²) in [5, 5.41) is 13.5. The van der Waals surface area contributed by atoms with Gasteiger partial charge in [-0.25, -0.2) is 10.5 Å². The third kappa shape index (κ3) is 7.00. The lowest BCUT2D eigenvalue weighted by molar-refractivity contribution is -0.0956.